The molecule has 2 rings (SSSR count). The molecule has 0 unspecified atom stereocenters. The van der Waals surface area contributed by atoms with Crippen LogP contribution >= 0.6 is 34.2 Å². The molecule has 0 spiro atoms. The Hall–Kier alpha value is -0.290. The molecular weight excluding hydrogens is 371 g/mol. The maximum atomic E-state index is 5.92. The van der Waals surface area contributed by atoms with Crippen LogP contribution in [0.25, 0.3) is 11.0 Å². The molecule has 1 aromatic carbocycles. The number of rotatable bonds is 6. The Kier molecular flexibility index (Phi) is 5.51. The molecule has 0 amide bonds. The van der Waals surface area contributed by atoms with Crippen LogP contribution in [0, 0.1) is 9.49 Å². The van der Waals surface area contributed by atoms with Gasteiger partial charge in [0.15, 0.2) is 0 Å². The molecule has 0 aliphatic carbocycles. The Balaban J connectivity index is 2.45. The third-order valence-corrected chi connectivity index (χ3v) is 4.56. The van der Waals surface area contributed by atoms with E-state index in [0.717, 1.165) is 24.3 Å². The highest BCUT2D eigenvalue weighted by atomic mass is 127. The van der Waals surface area contributed by atoms with Crippen LogP contribution in [0.1, 0.15) is 32.5 Å². The highest BCUT2D eigenvalue weighted by molar-refractivity contribution is 14.1. The molecule has 19 heavy (non-hydrogen) atoms. The topological polar surface area (TPSA) is 17.8 Å². The Morgan fingerprint density at radius 3 is 2.68 bits per heavy atom. The lowest BCUT2D eigenvalue weighted by molar-refractivity contribution is 0.417. The van der Waals surface area contributed by atoms with Gasteiger partial charge in [0, 0.05) is 22.4 Å². The zero-order chi connectivity index (χ0) is 13.8. The SMILES string of the molecule is CCC(CC)Cn1c(CCCl)nc2cc(I)ccc21. The smallest absolute Gasteiger partial charge is 0.111 e. The van der Waals surface area contributed by atoms with E-state index in [0.29, 0.717) is 11.8 Å². The van der Waals surface area contributed by atoms with Crippen LogP contribution in [0.2, 0.25) is 0 Å². The van der Waals surface area contributed by atoms with E-state index in [1.807, 2.05) is 0 Å². The highest BCUT2D eigenvalue weighted by Gasteiger charge is 2.13. The first-order chi connectivity index (χ1) is 9.19. The first kappa shape index (κ1) is 15.1. The molecule has 0 radical (unpaired) electrons. The van der Waals surface area contributed by atoms with Crippen LogP contribution in [-0.4, -0.2) is 15.4 Å². The third kappa shape index (κ3) is 3.43. The van der Waals surface area contributed by atoms with Gasteiger partial charge < -0.3 is 4.57 Å². The van der Waals surface area contributed by atoms with Gasteiger partial charge >= 0.3 is 0 Å². The van der Waals surface area contributed by atoms with E-state index in [1.54, 1.807) is 0 Å². The normalized spacial score (nSPS) is 11.6. The van der Waals surface area contributed by atoms with Crippen molar-refractivity contribution in [1.29, 1.82) is 0 Å². The van der Waals surface area contributed by atoms with Gasteiger partial charge in [-0.05, 0) is 46.7 Å². The predicted molar refractivity (Wildman–Crippen MR) is 90.9 cm³/mol. The fourth-order valence-electron chi connectivity index (χ4n) is 2.44. The van der Waals surface area contributed by atoms with Crippen molar-refractivity contribution < 1.29 is 0 Å². The summed E-state index contributed by atoms with van der Waals surface area (Å²) in [6.07, 6.45) is 3.26. The highest BCUT2D eigenvalue weighted by Crippen LogP contribution is 2.22. The Morgan fingerprint density at radius 1 is 1.32 bits per heavy atom. The number of nitrogens with zero attached hydrogens (tertiary/aromatic N) is 2. The van der Waals surface area contributed by atoms with Crippen molar-refractivity contribution in [3.63, 3.8) is 0 Å². The van der Waals surface area contributed by atoms with Gasteiger partial charge in [0.05, 0.1) is 11.0 Å². The van der Waals surface area contributed by atoms with Crippen molar-refractivity contribution in [2.75, 3.05) is 5.88 Å². The van der Waals surface area contributed by atoms with Gasteiger partial charge in [-0.2, -0.15) is 0 Å². The summed E-state index contributed by atoms with van der Waals surface area (Å²) in [5.41, 5.74) is 2.34. The number of aromatic nitrogens is 2. The summed E-state index contributed by atoms with van der Waals surface area (Å²) in [6.45, 7) is 5.57. The van der Waals surface area contributed by atoms with Crippen LogP contribution < -0.4 is 0 Å². The van der Waals surface area contributed by atoms with E-state index in [4.69, 9.17) is 16.6 Å². The summed E-state index contributed by atoms with van der Waals surface area (Å²) in [5.74, 6) is 2.47. The minimum Gasteiger partial charge on any atom is -0.328 e. The second-order valence-electron chi connectivity index (χ2n) is 4.89. The molecule has 0 aliphatic heterocycles. The van der Waals surface area contributed by atoms with E-state index in [9.17, 15) is 0 Å². The molecule has 0 bridgehead atoms. The molecule has 104 valence electrons. The maximum absolute atomic E-state index is 5.92. The molecule has 0 saturated heterocycles. The predicted octanol–water partition coefficient (Wildman–Crippen LogP) is 4.86. The number of imidazole rings is 1. The Morgan fingerprint density at radius 2 is 2.05 bits per heavy atom. The first-order valence-corrected chi connectivity index (χ1v) is 8.51. The monoisotopic (exact) mass is 390 g/mol. The maximum Gasteiger partial charge on any atom is 0.111 e. The van der Waals surface area contributed by atoms with Gasteiger partial charge in [0.2, 0.25) is 0 Å². The largest absolute Gasteiger partial charge is 0.328 e. The Labute approximate surface area is 133 Å². The third-order valence-electron chi connectivity index (χ3n) is 3.70. The van der Waals surface area contributed by atoms with E-state index < -0.39 is 0 Å². The molecular formula is C15H20ClIN2. The zero-order valence-corrected chi connectivity index (χ0v) is 14.4. The van der Waals surface area contributed by atoms with Crippen molar-refractivity contribution in [1.82, 2.24) is 9.55 Å². The zero-order valence-electron chi connectivity index (χ0n) is 11.5. The number of benzene rings is 1. The summed E-state index contributed by atoms with van der Waals surface area (Å²) in [6, 6.07) is 6.49. The lowest BCUT2D eigenvalue weighted by atomic mass is 10.0. The molecule has 0 N–H and O–H groups in total. The average Bonchev–Trinajstić information content (AvgIpc) is 2.73. The molecule has 2 nitrogen and oxygen atoms in total. The number of halogens is 2. The molecule has 1 heterocycles. The summed E-state index contributed by atoms with van der Waals surface area (Å²) < 4.78 is 3.60. The lowest BCUT2D eigenvalue weighted by Crippen LogP contribution is -2.12. The van der Waals surface area contributed by atoms with Crippen LogP contribution in [0.3, 0.4) is 0 Å². The minimum atomic E-state index is 0.628. The summed E-state index contributed by atoms with van der Waals surface area (Å²) in [5, 5.41) is 0. The molecule has 0 aliphatic rings. The first-order valence-electron chi connectivity index (χ1n) is 6.90. The molecule has 0 atom stereocenters. The quantitative estimate of drug-likeness (QED) is 0.509. The summed E-state index contributed by atoms with van der Waals surface area (Å²) in [4.78, 5) is 4.76. The summed E-state index contributed by atoms with van der Waals surface area (Å²) >= 11 is 8.25. The lowest BCUT2D eigenvalue weighted by Gasteiger charge is -2.16. The standard InChI is InChI=1S/C15H20ClIN2/c1-3-11(4-2)10-19-14-6-5-12(17)9-13(14)18-15(19)7-8-16/h5-6,9,11H,3-4,7-8,10H2,1-2H3. The van der Waals surface area contributed by atoms with Crippen LogP contribution in [-0.2, 0) is 13.0 Å². The molecule has 2 aromatic rings. The van der Waals surface area contributed by atoms with Crippen LogP contribution in [0.5, 0.6) is 0 Å². The van der Waals surface area contributed by atoms with Crippen molar-refractivity contribution in [3.8, 4) is 0 Å². The van der Waals surface area contributed by atoms with E-state index in [-0.39, 0.29) is 0 Å². The molecule has 1 aromatic heterocycles. The number of hydrogen-bond donors (Lipinski definition) is 0. The van der Waals surface area contributed by atoms with Gasteiger partial charge in [-0.1, -0.05) is 26.7 Å². The van der Waals surface area contributed by atoms with Gasteiger partial charge in [-0.15, -0.1) is 11.6 Å². The average molecular weight is 391 g/mol. The molecule has 0 saturated carbocycles. The van der Waals surface area contributed by atoms with Gasteiger partial charge in [0.25, 0.3) is 0 Å². The van der Waals surface area contributed by atoms with Crippen LogP contribution in [0.15, 0.2) is 18.2 Å². The number of hydrogen-bond acceptors (Lipinski definition) is 1. The van der Waals surface area contributed by atoms with Gasteiger partial charge in [-0.25, -0.2) is 4.98 Å². The van der Waals surface area contributed by atoms with Gasteiger partial charge in [0.1, 0.15) is 5.82 Å². The second-order valence-corrected chi connectivity index (χ2v) is 6.52. The van der Waals surface area contributed by atoms with Gasteiger partial charge in [-0.3, -0.25) is 0 Å². The molecule has 4 heteroatoms. The summed E-state index contributed by atoms with van der Waals surface area (Å²) in [7, 11) is 0. The number of fused-ring (bicyclic) bond motifs is 1. The number of alkyl halides is 1. The fourth-order valence-corrected chi connectivity index (χ4v) is 3.08. The van der Waals surface area contributed by atoms with Crippen molar-refractivity contribution in [3.05, 3.63) is 27.6 Å². The van der Waals surface area contributed by atoms with E-state index in [1.165, 1.54) is 21.9 Å². The van der Waals surface area contributed by atoms with Crippen molar-refractivity contribution in [2.24, 2.45) is 5.92 Å². The number of aryl methyl sites for hydroxylation is 1. The van der Waals surface area contributed by atoms with Crippen LogP contribution in [0.4, 0.5) is 0 Å². The van der Waals surface area contributed by atoms with Crippen molar-refractivity contribution >= 4 is 45.2 Å². The van der Waals surface area contributed by atoms with E-state index in [2.05, 4.69) is 59.2 Å². The van der Waals surface area contributed by atoms with Crippen molar-refractivity contribution in [2.45, 2.75) is 39.7 Å². The van der Waals surface area contributed by atoms with E-state index >= 15 is 0 Å². The fraction of sp³-hybridized carbons (Fsp3) is 0.533. The Bertz CT molecular complexity index is 546. The minimum absolute atomic E-state index is 0.628. The molecule has 0 fully saturated rings. The second kappa shape index (κ2) is 6.93.